The molecule has 2 aromatic heterocycles. The number of pyridine rings is 1. The highest BCUT2D eigenvalue weighted by Gasteiger charge is 2.05. The molecule has 0 bridgehead atoms. The van der Waals surface area contributed by atoms with Crippen molar-refractivity contribution in [3.8, 4) is 0 Å². The van der Waals surface area contributed by atoms with Crippen LogP contribution in [-0.2, 0) is 13.0 Å². The summed E-state index contributed by atoms with van der Waals surface area (Å²) >= 11 is 0. The fourth-order valence-electron chi connectivity index (χ4n) is 2.88. The molecule has 0 atom stereocenters. The Labute approximate surface area is 148 Å². The number of hydrogen-bond acceptors (Lipinski definition) is 2. The first-order chi connectivity index (χ1) is 12.3. The second kappa shape index (κ2) is 8.33. The van der Waals surface area contributed by atoms with Gasteiger partial charge in [0.2, 0.25) is 0 Å². The summed E-state index contributed by atoms with van der Waals surface area (Å²) in [6, 6.07) is 12.3. The third-order valence-electron chi connectivity index (χ3n) is 4.17. The minimum atomic E-state index is 0.572. The van der Waals surface area contributed by atoms with Gasteiger partial charge in [0.05, 0.1) is 12.2 Å². The van der Waals surface area contributed by atoms with Gasteiger partial charge in [-0.3, -0.25) is 4.98 Å². The molecule has 0 radical (unpaired) electrons. The van der Waals surface area contributed by atoms with E-state index in [0.29, 0.717) is 6.54 Å². The van der Waals surface area contributed by atoms with Gasteiger partial charge in [0.25, 0.3) is 0 Å². The molecule has 5 heteroatoms. The maximum Gasteiger partial charge on any atom is 0.191 e. The molecule has 0 spiro atoms. The van der Waals surface area contributed by atoms with E-state index in [1.165, 1.54) is 22.0 Å². The van der Waals surface area contributed by atoms with Crippen molar-refractivity contribution in [3.63, 3.8) is 0 Å². The van der Waals surface area contributed by atoms with Crippen molar-refractivity contribution >= 4 is 16.9 Å². The van der Waals surface area contributed by atoms with Crippen molar-refractivity contribution < 1.29 is 0 Å². The molecule has 25 heavy (non-hydrogen) atoms. The van der Waals surface area contributed by atoms with Crippen molar-refractivity contribution in [2.45, 2.75) is 26.8 Å². The average molecular weight is 335 g/mol. The number of H-pyrrole nitrogens is 1. The molecule has 0 aliphatic heterocycles. The lowest BCUT2D eigenvalue weighted by Gasteiger charge is -2.11. The summed E-state index contributed by atoms with van der Waals surface area (Å²) in [6.07, 6.45) is 4.85. The molecular weight excluding hydrogens is 310 g/mol. The van der Waals surface area contributed by atoms with E-state index in [4.69, 9.17) is 0 Å². The second-order valence-electron chi connectivity index (χ2n) is 6.00. The van der Waals surface area contributed by atoms with Crippen LogP contribution < -0.4 is 10.6 Å². The fourth-order valence-corrected chi connectivity index (χ4v) is 2.88. The molecule has 0 saturated heterocycles. The topological polar surface area (TPSA) is 65.1 Å². The maximum atomic E-state index is 4.60. The second-order valence-corrected chi connectivity index (χ2v) is 6.00. The van der Waals surface area contributed by atoms with Gasteiger partial charge < -0.3 is 15.6 Å². The van der Waals surface area contributed by atoms with Crippen LogP contribution in [0, 0.1) is 6.92 Å². The van der Waals surface area contributed by atoms with Gasteiger partial charge in [-0.25, -0.2) is 4.99 Å². The zero-order chi connectivity index (χ0) is 17.5. The van der Waals surface area contributed by atoms with Crippen LogP contribution >= 0.6 is 0 Å². The summed E-state index contributed by atoms with van der Waals surface area (Å²) in [6.45, 7) is 6.44. The van der Waals surface area contributed by atoms with Crippen LogP contribution in [0.15, 0.2) is 53.8 Å². The fraction of sp³-hybridized carbons (Fsp3) is 0.300. The van der Waals surface area contributed by atoms with Gasteiger partial charge in [-0.15, -0.1) is 0 Å². The number of hydrogen-bond donors (Lipinski definition) is 3. The van der Waals surface area contributed by atoms with E-state index in [2.05, 4.69) is 63.8 Å². The number of fused-ring (bicyclic) bond motifs is 1. The van der Waals surface area contributed by atoms with E-state index in [1.54, 1.807) is 6.20 Å². The smallest absolute Gasteiger partial charge is 0.191 e. The number of aromatic amines is 1. The predicted molar refractivity (Wildman–Crippen MR) is 104 cm³/mol. The third kappa shape index (κ3) is 4.38. The number of guanidine groups is 1. The number of para-hydroxylation sites is 1. The SMILES string of the molecule is CCNC(=NCc1ccccn1)NCCc1c[nH]c2c(C)cccc12. The normalized spacial score (nSPS) is 11.7. The molecule has 0 aliphatic carbocycles. The van der Waals surface area contributed by atoms with Crippen molar-refractivity contribution in [3.05, 3.63) is 65.6 Å². The first-order valence-electron chi connectivity index (χ1n) is 8.75. The first-order valence-corrected chi connectivity index (χ1v) is 8.75. The van der Waals surface area contributed by atoms with Gasteiger partial charge in [0.1, 0.15) is 0 Å². The van der Waals surface area contributed by atoms with E-state index >= 15 is 0 Å². The van der Waals surface area contributed by atoms with Crippen molar-refractivity contribution in [1.82, 2.24) is 20.6 Å². The summed E-state index contributed by atoms with van der Waals surface area (Å²) in [4.78, 5) is 12.3. The molecule has 5 nitrogen and oxygen atoms in total. The number of benzene rings is 1. The summed E-state index contributed by atoms with van der Waals surface area (Å²) < 4.78 is 0. The Morgan fingerprint density at radius 2 is 2.08 bits per heavy atom. The molecule has 0 fully saturated rings. The van der Waals surface area contributed by atoms with Gasteiger partial charge in [0, 0.05) is 36.4 Å². The average Bonchev–Trinajstić information content (AvgIpc) is 3.05. The highest BCUT2D eigenvalue weighted by Crippen LogP contribution is 2.21. The van der Waals surface area contributed by atoms with E-state index in [9.17, 15) is 0 Å². The summed E-state index contributed by atoms with van der Waals surface area (Å²) in [5.74, 6) is 0.823. The first kappa shape index (κ1) is 17.0. The van der Waals surface area contributed by atoms with Crippen LogP contribution in [-0.4, -0.2) is 29.0 Å². The van der Waals surface area contributed by atoms with Crippen LogP contribution in [0.3, 0.4) is 0 Å². The van der Waals surface area contributed by atoms with Crippen molar-refractivity contribution in [2.75, 3.05) is 13.1 Å². The zero-order valence-corrected chi connectivity index (χ0v) is 14.8. The molecule has 0 amide bonds. The number of nitrogens with zero attached hydrogens (tertiary/aromatic N) is 2. The Bertz CT molecular complexity index is 836. The van der Waals surface area contributed by atoms with E-state index in [0.717, 1.165) is 31.2 Å². The maximum absolute atomic E-state index is 4.60. The zero-order valence-electron chi connectivity index (χ0n) is 14.8. The van der Waals surface area contributed by atoms with Gasteiger partial charge in [-0.2, -0.15) is 0 Å². The van der Waals surface area contributed by atoms with Crippen molar-refractivity contribution in [2.24, 2.45) is 4.99 Å². The lowest BCUT2D eigenvalue weighted by Crippen LogP contribution is -2.38. The largest absolute Gasteiger partial charge is 0.361 e. The van der Waals surface area contributed by atoms with Crippen LogP contribution in [0.25, 0.3) is 10.9 Å². The number of aromatic nitrogens is 2. The molecule has 3 aromatic rings. The molecule has 2 heterocycles. The third-order valence-corrected chi connectivity index (χ3v) is 4.17. The van der Waals surface area contributed by atoms with E-state index in [-0.39, 0.29) is 0 Å². The lowest BCUT2D eigenvalue weighted by atomic mass is 10.1. The minimum absolute atomic E-state index is 0.572. The Morgan fingerprint density at radius 1 is 1.16 bits per heavy atom. The number of aryl methyl sites for hydroxylation is 1. The molecule has 0 unspecified atom stereocenters. The standard InChI is InChI=1S/C20H25N5/c1-3-21-20(25-14-17-8-4-5-11-22-17)23-12-10-16-13-24-19-15(2)7-6-9-18(16)19/h4-9,11,13,24H,3,10,12,14H2,1-2H3,(H2,21,23,25). The monoisotopic (exact) mass is 335 g/mol. The van der Waals surface area contributed by atoms with E-state index < -0.39 is 0 Å². The molecule has 3 N–H and O–H groups in total. The Kier molecular flexibility index (Phi) is 5.67. The molecule has 130 valence electrons. The Hall–Kier alpha value is -2.82. The lowest BCUT2D eigenvalue weighted by molar-refractivity contribution is 0.798. The molecular formula is C20H25N5. The number of aliphatic imine (C=N–C) groups is 1. The molecule has 0 aliphatic rings. The quantitative estimate of drug-likeness (QED) is 0.479. The van der Waals surface area contributed by atoms with Crippen LogP contribution in [0.2, 0.25) is 0 Å². The number of nitrogens with one attached hydrogen (secondary N) is 3. The molecule has 1 aromatic carbocycles. The predicted octanol–water partition coefficient (Wildman–Crippen LogP) is 3.17. The summed E-state index contributed by atoms with van der Waals surface area (Å²) in [5.41, 5.74) is 4.80. The molecule has 3 rings (SSSR count). The van der Waals surface area contributed by atoms with Gasteiger partial charge in [-0.1, -0.05) is 24.3 Å². The summed E-state index contributed by atoms with van der Waals surface area (Å²) in [5, 5.41) is 7.99. The van der Waals surface area contributed by atoms with Crippen LogP contribution in [0.5, 0.6) is 0 Å². The van der Waals surface area contributed by atoms with Gasteiger partial charge >= 0.3 is 0 Å². The van der Waals surface area contributed by atoms with Crippen LogP contribution in [0.1, 0.15) is 23.7 Å². The highest BCUT2D eigenvalue weighted by atomic mass is 15.2. The van der Waals surface area contributed by atoms with Crippen molar-refractivity contribution in [1.29, 1.82) is 0 Å². The van der Waals surface area contributed by atoms with Gasteiger partial charge in [-0.05, 0) is 43.5 Å². The van der Waals surface area contributed by atoms with Crippen LogP contribution in [0.4, 0.5) is 0 Å². The van der Waals surface area contributed by atoms with E-state index in [1.807, 2.05) is 18.2 Å². The Balaban J connectivity index is 1.60. The van der Waals surface area contributed by atoms with Gasteiger partial charge in [0.15, 0.2) is 5.96 Å². The Morgan fingerprint density at radius 3 is 2.88 bits per heavy atom. The minimum Gasteiger partial charge on any atom is -0.361 e. The molecule has 0 saturated carbocycles. The number of rotatable bonds is 6. The highest BCUT2D eigenvalue weighted by molar-refractivity contribution is 5.86. The summed E-state index contributed by atoms with van der Waals surface area (Å²) in [7, 11) is 0.